The molecule has 1 heterocycles. The van der Waals surface area contributed by atoms with Crippen molar-refractivity contribution >= 4 is 21.7 Å². The number of aromatic amines is 1. The molecule has 0 spiro atoms. The molecule has 0 aliphatic heterocycles. The van der Waals surface area contributed by atoms with Crippen molar-refractivity contribution in [3.05, 3.63) is 17.0 Å². The van der Waals surface area contributed by atoms with E-state index < -0.39 is 11.2 Å². The molecule has 2 N–H and O–H groups in total. The third-order valence-electron chi connectivity index (χ3n) is 2.50. The number of carboxylic acid groups (broad SMARTS) is 1. The van der Waals surface area contributed by atoms with Gasteiger partial charge in [0.25, 0.3) is 0 Å². The molecule has 68 valence electrons. The van der Waals surface area contributed by atoms with Gasteiger partial charge in [0.15, 0.2) is 5.69 Å². The highest BCUT2D eigenvalue weighted by Gasteiger charge is 2.30. The average molecular weight is 186 g/mol. The predicted octanol–water partition coefficient (Wildman–Crippen LogP) is 0.0498. The maximum atomic E-state index is 10.8. The standard InChI is InChI=1S/C8H8B2N2O2/c9-8(10)2-1-5-4(3-8)6(7(13)14)12-11-5/h1-3H2,(H,11,12)(H,13,14). The SMILES string of the molecule is [B]C1([B])CCc2[nH]nc(C(=O)O)c2C1. The van der Waals surface area contributed by atoms with E-state index >= 15 is 0 Å². The van der Waals surface area contributed by atoms with Crippen LogP contribution >= 0.6 is 0 Å². The van der Waals surface area contributed by atoms with E-state index in [1.807, 2.05) is 0 Å². The zero-order chi connectivity index (χ0) is 10.3. The van der Waals surface area contributed by atoms with Crippen LogP contribution in [0.3, 0.4) is 0 Å². The number of carboxylic acids is 1. The monoisotopic (exact) mass is 186 g/mol. The van der Waals surface area contributed by atoms with Crippen LogP contribution in [-0.4, -0.2) is 37.0 Å². The van der Waals surface area contributed by atoms with Crippen LogP contribution in [0, 0.1) is 0 Å². The Labute approximate surface area is 83.9 Å². The molecule has 1 aromatic rings. The quantitative estimate of drug-likeness (QED) is 0.608. The summed E-state index contributed by atoms with van der Waals surface area (Å²) in [5.74, 6) is -1.04. The van der Waals surface area contributed by atoms with Crippen molar-refractivity contribution in [3.8, 4) is 0 Å². The fourth-order valence-electron chi connectivity index (χ4n) is 1.75. The van der Waals surface area contributed by atoms with E-state index in [0.29, 0.717) is 24.8 Å². The molecule has 0 amide bonds. The molecule has 4 nitrogen and oxygen atoms in total. The van der Waals surface area contributed by atoms with Gasteiger partial charge in [-0.15, -0.1) is 0 Å². The number of carbonyl (C=O) groups is 1. The first-order valence-corrected chi connectivity index (χ1v) is 4.37. The summed E-state index contributed by atoms with van der Waals surface area (Å²) in [5.41, 5.74) is 1.53. The summed E-state index contributed by atoms with van der Waals surface area (Å²) in [6.07, 6.45) is 1.66. The number of nitrogens with one attached hydrogen (secondary N) is 1. The molecule has 14 heavy (non-hydrogen) atoms. The number of fused-ring (bicyclic) bond motifs is 1. The minimum atomic E-state index is -1.04. The van der Waals surface area contributed by atoms with Gasteiger partial charge in [0.05, 0.1) is 15.7 Å². The molecule has 0 fully saturated rings. The van der Waals surface area contributed by atoms with Crippen LogP contribution in [0.5, 0.6) is 0 Å². The van der Waals surface area contributed by atoms with Crippen molar-refractivity contribution in [1.82, 2.24) is 10.2 Å². The fourth-order valence-corrected chi connectivity index (χ4v) is 1.75. The van der Waals surface area contributed by atoms with E-state index in [9.17, 15) is 4.79 Å². The smallest absolute Gasteiger partial charge is 0.356 e. The first kappa shape index (κ1) is 9.37. The van der Waals surface area contributed by atoms with Crippen molar-refractivity contribution in [2.45, 2.75) is 24.5 Å². The summed E-state index contributed by atoms with van der Waals surface area (Å²) in [5, 5.41) is 14.5. The number of aryl methyl sites for hydroxylation is 1. The van der Waals surface area contributed by atoms with Gasteiger partial charge in [0.2, 0.25) is 0 Å². The van der Waals surface area contributed by atoms with Gasteiger partial charge in [-0.2, -0.15) is 5.10 Å². The molecule has 0 unspecified atom stereocenters. The number of aromatic nitrogens is 2. The molecule has 2 rings (SSSR count). The van der Waals surface area contributed by atoms with Crippen molar-refractivity contribution in [3.63, 3.8) is 0 Å². The molecule has 6 heteroatoms. The predicted molar refractivity (Wildman–Crippen MR) is 51.8 cm³/mol. The summed E-state index contributed by atoms with van der Waals surface area (Å²) in [6.45, 7) is 0. The van der Waals surface area contributed by atoms with E-state index in [1.54, 1.807) is 0 Å². The van der Waals surface area contributed by atoms with Crippen molar-refractivity contribution in [1.29, 1.82) is 0 Å². The summed E-state index contributed by atoms with van der Waals surface area (Å²) >= 11 is 0. The lowest BCUT2D eigenvalue weighted by Crippen LogP contribution is -2.23. The topological polar surface area (TPSA) is 66.0 Å². The average Bonchev–Trinajstić information content (AvgIpc) is 2.44. The highest BCUT2D eigenvalue weighted by atomic mass is 16.4. The fraction of sp³-hybridized carbons (Fsp3) is 0.500. The highest BCUT2D eigenvalue weighted by molar-refractivity contribution is 6.40. The molecule has 0 bridgehead atoms. The van der Waals surface area contributed by atoms with Gasteiger partial charge in [0.1, 0.15) is 0 Å². The molecule has 1 aliphatic carbocycles. The lowest BCUT2D eigenvalue weighted by molar-refractivity contribution is 0.0689. The third kappa shape index (κ3) is 1.45. The van der Waals surface area contributed by atoms with Gasteiger partial charge in [0, 0.05) is 11.3 Å². The van der Waals surface area contributed by atoms with Gasteiger partial charge in [-0.3, -0.25) is 5.10 Å². The Bertz CT molecular complexity index is 387. The lowest BCUT2D eigenvalue weighted by atomic mass is 9.48. The number of nitrogens with zero attached hydrogens (tertiary/aromatic N) is 1. The van der Waals surface area contributed by atoms with E-state index in [0.717, 1.165) is 5.69 Å². The summed E-state index contributed by atoms with van der Waals surface area (Å²) in [6, 6.07) is 0. The number of H-pyrrole nitrogens is 1. The van der Waals surface area contributed by atoms with E-state index in [-0.39, 0.29) is 5.69 Å². The molecular weight excluding hydrogens is 178 g/mol. The van der Waals surface area contributed by atoms with Gasteiger partial charge in [-0.1, -0.05) is 11.6 Å². The second-order valence-corrected chi connectivity index (χ2v) is 3.74. The van der Waals surface area contributed by atoms with Crippen LogP contribution < -0.4 is 0 Å². The van der Waals surface area contributed by atoms with E-state index in [4.69, 9.17) is 20.8 Å². The van der Waals surface area contributed by atoms with Crippen LogP contribution in [-0.2, 0) is 12.8 Å². The van der Waals surface area contributed by atoms with Crippen LogP contribution in [0.25, 0.3) is 0 Å². The Balaban J connectivity index is 2.42. The maximum absolute atomic E-state index is 10.8. The summed E-state index contributed by atoms with van der Waals surface area (Å²) in [4.78, 5) is 10.8. The Morgan fingerprint density at radius 2 is 2.29 bits per heavy atom. The number of hydrogen-bond donors (Lipinski definition) is 2. The molecule has 1 aliphatic rings. The van der Waals surface area contributed by atoms with Gasteiger partial charge in [-0.25, -0.2) is 4.79 Å². The zero-order valence-corrected chi connectivity index (χ0v) is 7.58. The molecule has 0 atom stereocenters. The van der Waals surface area contributed by atoms with Gasteiger partial charge in [-0.05, 0) is 12.8 Å². The zero-order valence-electron chi connectivity index (χ0n) is 7.58. The second-order valence-electron chi connectivity index (χ2n) is 3.74. The van der Waals surface area contributed by atoms with Crippen molar-refractivity contribution < 1.29 is 9.90 Å². The molecular formula is C8H8B2N2O2. The first-order chi connectivity index (χ1) is 6.49. The van der Waals surface area contributed by atoms with Crippen molar-refractivity contribution in [2.75, 3.05) is 0 Å². The first-order valence-electron chi connectivity index (χ1n) is 4.37. The molecule has 0 saturated carbocycles. The largest absolute Gasteiger partial charge is 0.476 e. The Kier molecular flexibility index (Phi) is 1.94. The van der Waals surface area contributed by atoms with Crippen LogP contribution in [0.4, 0.5) is 0 Å². The Hall–Kier alpha value is -1.19. The van der Waals surface area contributed by atoms with Crippen LogP contribution in [0.15, 0.2) is 0 Å². The van der Waals surface area contributed by atoms with E-state index in [2.05, 4.69) is 10.2 Å². The number of hydrogen-bond acceptors (Lipinski definition) is 2. The minimum absolute atomic E-state index is 0.0416. The molecule has 4 radical (unpaired) electrons. The van der Waals surface area contributed by atoms with Crippen molar-refractivity contribution in [2.24, 2.45) is 0 Å². The molecule has 0 aromatic carbocycles. The van der Waals surface area contributed by atoms with Gasteiger partial charge >= 0.3 is 5.97 Å². The summed E-state index contributed by atoms with van der Waals surface area (Å²) < 4.78 is 0. The van der Waals surface area contributed by atoms with Crippen LogP contribution in [0.2, 0.25) is 5.21 Å². The van der Waals surface area contributed by atoms with Crippen LogP contribution in [0.1, 0.15) is 28.2 Å². The Morgan fingerprint density at radius 3 is 2.93 bits per heavy atom. The third-order valence-corrected chi connectivity index (χ3v) is 2.50. The number of aromatic carboxylic acids is 1. The molecule has 1 aromatic heterocycles. The molecule has 0 saturated heterocycles. The normalized spacial score (nSPS) is 18.9. The summed E-state index contributed by atoms with van der Waals surface area (Å²) in [7, 11) is 11.5. The Morgan fingerprint density at radius 1 is 1.57 bits per heavy atom. The van der Waals surface area contributed by atoms with E-state index in [1.165, 1.54) is 0 Å². The lowest BCUT2D eigenvalue weighted by Gasteiger charge is -2.29. The number of rotatable bonds is 1. The highest BCUT2D eigenvalue weighted by Crippen LogP contribution is 2.36. The second kappa shape index (κ2) is 2.90. The van der Waals surface area contributed by atoms with Gasteiger partial charge < -0.3 is 5.11 Å². The minimum Gasteiger partial charge on any atom is -0.476 e. The maximum Gasteiger partial charge on any atom is 0.356 e.